The van der Waals surface area contributed by atoms with Gasteiger partial charge in [0.05, 0.1) is 24.1 Å². The van der Waals surface area contributed by atoms with Gasteiger partial charge in [0.15, 0.2) is 0 Å². The molecule has 144 valence electrons. The van der Waals surface area contributed by atoms with Gasteiger partial charge in [-0.2, -0.15) is 5.10 Å². The van der Waals surface area contributed by atoms with E-state index in [1.807, 2.05) is 38.1 Å². The monoisotopic (exact) mass is 378 g/mol. The summed E-state index contributed by atoms with van der Waals surface area (Å²) in [5.41, 5.74) is 4.19. The summed E-state index contributed by atoms with van der Waals surface area (Å²) in [4.78, 5) is 23.7. The molecule has 2 aromatic carbocycles. The van der Waals surface area contributed by atoms with Crippen LogP contribution in [0.2, 0.25) is 0 Å². The van der Waals surface area contributed by atoms with Crippen LogP contribution in [0, 0.1) is 6.92 Å². The van der Waals surface area contributed by atoms with Crippen LogP contribution in [0.15, 0.2) is 48.5 Å². The Morgan fingerprint density at radius 3 is 2.25 bits per heavy atom. The summed E-state index contributed by atoms with van der Waals surface area (Å²) >= 11 is 0. The number of aromatic carboxylic acids is 1. The van der Waals surface area contributed by atoms with Crippen molar-refractivity contribution in [2.75, 3.05) is 7.11 Å². The second-order valence-electron chi connectivity index (χ2n) is 6.54. The highest BCUT2D eigenvalue weighted by Crippen LogP contribution is 2.29. The van der Waals surface area contributed by atoms with Gasteiger partial charge in [-0.15, -0.1) is 0 Å². The SMILES string of the molecule is CCCc1c(C(=O)O)c(-c2ccc(C(=O)OC)cc2)nn1-c1ccc(C)cc1. The molecule has 0 amide bonds. The number of methoxy groups -OCH3 is 1. The molecule has 0 unspecified atom stereocenters. The minimum Gasteiger partial charge on any atom is -0.478 e. The Balaban J connectivity index is 2.17. The molecule has 0 atom stereocenters. The van der Waals surface area contributed by atoms with Gasteiger partial charge in [0.1, 0.15) is 11.3 Å². The van der Waals surface area contributed by atoms with Crippen molar-refractivity contribution in [2.24, 2.45) is 0 Å². The molecule has 0 radical (unpaired) electrons. The van der Waals surface area contributed by atoms with E-state index in [-0.39, 0.29) is 5.56 Å². The second-order valence-corrected chi connectivity index (χ2v) is 6.54. The number of carbonyl (C=O) groups excluding carboxylic acids is 1. The van der Waals surface area contributed by atoms with Gasteiger partial charge in [0.25, 0.3) is 0 Å². The van der Waals surface area contributed by atoms with Crippen molar-refractivity contribution >= 4 is 11.9 Å². The number of rotatable bonds is 6. The highest BCUT2D eigenvalue weighted by molar-refractivity contribution is 5.97. The van der Waals surface area contributed by atoms with Crippen LogP contribution in [0.25, 0.3) is 16.9 Å². The zero-order valence-corrected chi connectivity index (χ0v) is 16.1. The Morgan fingerprint density at radius 2 is 1.71 bits per heavy atom. The number of esters is 1. The largest absolute Gasteiger partial charge is 0.478 e. The minimum absolute atomic E-state index is 0.188. The Morgan fingerprint density at radius 1 is 1.07 bits per heavy atom. The molecule has 6 heteroatoms. The van der Waals surface area contributed by atoms with Gasteiger partial charge in [-0.3, -0.25) is 0 Å². The van der Waals surface area contributed by atoms with E-state index in [4.69, 9.17) is 4.74 Å². The maximum Gasteiger partial charge on any atom is 0.339 e. The summed E-state index contributed by atoms with van der Waals surface area (Å²) in [6.45, 7) is 4.00. The molecule has 0 aliphatic carbocycles. The fourth-order valence-electron chi connectivity index (χ4n) is 3.13. The minimum atomic E-state index is -1.02. The lowest BCUT2D eigenvalue weighted by Gasteiger charge is -2.07. The number of ether oxygens (including phenoxy) is 1. The summed E-state index contributed by atoms with van der Waals surface area (Å²) in [5.74, 6) is -1.46. The third-order valence-electron chi connectivity index (χ3n) is 4.54. The van der Waals surface area contributed by atoms with Crippen molar-refractivity contribution in [3.8, 4) is 16.9 Å². The van der Waals surface area contributed by atoms with Gasteiger partial charge in [-0.05, 0) is 37.6 Å². The molecule has 0 fully saturated rings. The summed E-state index contributed by atoms with van der Waals surface area (Å²) in [7, 11) is 1.32. The van der Waals surface area contributed by atoms with E-state index in [1.165, 1.54) is 7.11 Å². The van der Waals surface area contributed by atoms with E-state index >= 15 is 0 Å². The van der Waals surface area contributed by atoms with Gasteiger partial charge < -0.3 is 9.84 Å². The molecule has 1 heterocycles. The second kappa shape index (κ2) is 8.08. The molecule has 1 aromatic heterocycles. The first-order valence-corrected chi connectivity index (χ1v) is 9.07. The number of aryl methyl sites for hydroxylation is 1. The van der Waals surface area contributed by atoms with E-state index in [1.54, 1.807) is 28.9 Å². The first-order valence-electron chi connectivity index (χ1n) is 9.07. The van der Waals surface area contributed by atoms with Crippen molar-refractivity contribution in [3.05, 3.63) is 70.9 Å². The van der Waals surface area contributed by atoms with Crippen LogP contribution < -0.4 is 0 Å². The molecular weight excluding hydrogens is 356 g/mol. The van der Waals surface area contributed by atoms with Crippen molar-refractivity contribution in [1.82, 2.24) is 9.78 Å². The quantitative estimate of drug-likeness (QED) is 0.647. The molecule has 0 bridgehead atoms. The maximum atomic E-state index is 12.1. The predicted octanol–water partition coefficient (Wildman–Crippen LogP) is 4.29. The lowest BCUT2D eigenvalue weighted by atomic mass is 10.0. The van der Waals surface area contributed by atoms with Crippen molar-refractivity contribution in [3.63, 3.8) is 0 Å². The Bertz CT molecular complexity index is 1000. The van der Waals surface area contributed by atoms with Gasteiger partial charge >= 0.3 is 11.9 Å². The Labute approximate surface area is 163 Å². The van der Waals surface area contributed by atoms with Crippen molar-refractivity contribution in [2.45, 2.75) is 26.7 Å². The number of carboxylic acid groups (broad SMARTS) is 1. The molecule has 1 N–H and O–H groups in total. The first-order chi connectivity index (χ1) is 13.5. The number of benzene rings is 2. The van der Waals surface area contributed by atoms with Crippen molar-refractivity contribution in [1.29, 1.82) is 0 Å². The average Bonchev–Trinajstić information content (AvgIpc) is 3.08. The summed E-state index contributed by atoms with van der Waals surface area (Å²) in [5, 5.41) is 14.5. The van der Waals surface area contributed by atoms with Gasteiger partial charge in [0.2, 0.25) is 0 Å². The third-order valence-corrected chi connectivity index (χ3v) is 4.54. The van der Waals surface area contributed by atoms with Crippen LogP contribution in [0.1, 0.15) is 45.3 Å². The van der Waals surface area contributed by atoms with Crippen LogP contribution >= 0.6 is 0 Å². The fraction of sp³-hybridized carbons (Fsp3) is 0.227. The smallest absolute Gasteiger partial charge is 0.339 e. The van der Waals surface area contributed by atoms with Crippen LogP contribution in [-0.2, 0) is 11.2 Å². The van der Waals surface area contributed by atoms with E-state index in [0.717, 1.165) is 17.7 Å². The zero-order valence-electron chi connectivity index (χ0n) is 16.1. The first kappa shape index (κ1) is 19.4. The van der Waals surface area contributed by atoms with E-state index in [0.29, 0.717) is 28.9 Å². The lowest BCUT2D eigenvalue weighted by Crippen LogP contribution is -2.06. The van der Waals surface area contributed by atoms with E-state index < -0.39 is 11.9 Å². The van der Waals surface area contributed by atoms with Crippen LogP contribution in [0.3, 0.4) is 0 Å². The topological polar surface area (TPSA) is 81.4 Å². The molecule has 0 aliphatic heterocycles. The maximum absolute atomic E-state index is 12.1. The molecule has 0 saturated heterocycles. The normalized spacial score (nSPS) is 10.7. The van der Waals surface area contributed by atoms with Gasteiger partial charge in [-0.1, -0.05) is 43.2 Å². The molecule has 0 spiro atoms. The third kappa shape index (κ3) is 3.67. The fourth-order valence-corrected chi connectivity index (χ4v) is 3.13. The van der Waals surface area contributed by atoms with E-state index in [2.05, 4.69) is 5.10 Å². The number of hydrogen-bond acceptors (Lipinski definition) is 4. The number of aromatic nitrogens is 2. The lowest BCUT2D eigenvalue weighted by molar-refractivity contribution is 0.0599. The standard InChI is InChI=1S/C22H22N2O4/c1-4-5-18-19(21(25)26)20(15-8-10-16(11-9-15)22(27)28-3)23-24(18)17-12-6-14(2)7-13-17/h6-13H,4-5H2,1-3H3,(H,25,26). The molecule has 6 nitrogen and oxygen atoms in total. The molecule has 3 rings (SSSR count). The van der Waals surface area contributed by atoms with Crippen LogP contribution in [-0.4, -0.2) is 33.9 Å². The number of carboxylic acids is 1. The number of carbonyl (C=O) groups is 2. The summed E-state index contributed by atoms with van der Waals surface area (Å²) in [6, 6.07) is 14.4. The summed E-state index contributed by atoms with van der Waals surface area (Å²) in [6.07, 6.45) is 1.38. The highest BCUT2D eigenvalue weighted by atomic mass is 16.5. The molecular formula is C22H22N2O4. The van der Waals surface area contributed by atoms with Crippen LogP contribution in [0.5, 0.6) is 0 Å². The van der Waals surface area contributed by atoms with Crippen LogP contribution in [0.4, 0.5) is 0 Å². The highest BCUT2D eigenvalue weighted by Gasteiger charge is 2.24. The molecule has 0 saturated carbocycles. The molecule has 0 aliphatic rings. The molecule has 28 heavy (non-hydrogen) atoms. The van der Waals surface area contributed by atoms with Gasteiger partial charge in [-0.25, -0.2) is 14.3 Å². The van der Waals surface area contributed by atoms with E-state index in [9.17, 15) is 14.7 Å². The summed E-state index contributed by atoms with van der Waals surface area (Å²) < 4.78 is 6.42. The predicted molar refractivity (Wildman–Crippen MR) is 106 cm³/mol. The zero-order chi connectivity index (χ0) is 20.3. The Kier molecular flexibility index (Phi) is 5.59. The average molecular weight is 378 g/mol. The number of hydrogen-bond donors (Lipinski definition) is 1. The Hall–Kier alpha value is -3.41. The molecule has 3 aromatic rings. The number of nitrogens with zero attached hydrogens (tertiary/aromatic N) is 2. The van der Waals surface area contributed by atoms with Gasteiger partial charge in [0, 0.05) is 5.56 Å². The van der Waals surface area contributed by atoms with Crippen molar-refractivity contribution < 1.29 is 19.4 Å².